The van der Waals surface area contributed by atoms with Crippen LogP contribution in [0.15, 0.2) is 0 Å². The molecule has 0 aromatic rings. The maximum Gasteiger partial charge on any atom is 0.396 e. The first-order valence-electron chi connectivity index (χ1n) is 5.00. The van der Waals surface area contributed by atoms with Crippen LogP contribution in [-0.2, 0) is 19.1 Å². The van der Waals surface area contributed by atoms with Crippen LogP contribution in [0.3, 0.4) is 0 Å². The first-order valence-corrected chi connectivity index (χ1v) is 5.00. The van der Waals surface area contributed by atoms with Crippen LogP contribution < -0.4 is 0 Å². The highest BCUT2D eigenvalue weighted by molar-refractivity contribution is 6.32. The largest absolute Gasteiger partial charge is 0.462 e. The maximum absolute atomic E-state index is 11.5. The highest BCUT2D eigenvalue weighted by Crippen LogP contribution is 2.19. The molecule has 0 aromatic carbocycles. The predicted molar refractivity (Wildman–Crippen MR) is 53.2 cm³/mol. The number of hydrogen-bond acceptors (Lipinski definition) is 4. The van der Waals surface area contributed by atoms with Crippen molar-refractivity contribution < 1.29 is 19.1 Å². The van der Waals surface area contributed by atoms with Gasteiger partial charge in [-0.3, -0.25) is 4.79 Å². The average Bonchev–Trinajstić information content (AvgIpc) is 2.27. The van der Waals surface area contributed by atoms with Crippen molar-refractivity contribution in [2.45, 2.75) is 19.4 Å². The standard InChI is InChI=1S/C10H17NO4/c1-7-4-5-11(6-8(7)14-2)9(12)10(13)15-3/h7-8H,4-6H2,1-3H3. The quantitative estimate of drug-likeness (QED) is 0.458. The second-order valence-electron chi connectivity index (χ2n) is 3.78. The van der Waals surface area contributed by atoms with Crippen LogP contribution >= 0.6 is 0 Å². The Morgan fingerprint density at radius 2 is 2.00 bits per heavy atom. The summed E-state index contributed by atoms with van der Waals surface area (Å²) in [5.74, 6) is -0.970. The molecule has 1 aliphatic heterocycles. The van der Waals surface area contributed by atoms with Crippen molar-refractivity contribution in [3.63, 3.8) is 0 Å². The highest BCUT2D eigenvalue weighted by Gasteiger charge is 2.31. The second-order valence-corrected chi connectivity index (χ2v) is 3.78. The molecule has 1 saturated heterocycles. The van der Waals surface area contributed by atoms with Gasteiger partial charge in [0.1, 0.15) is 0 Å². The van der Waals surface area contributed by atoms with Gasteiger partial charge in [0.15, 0.2) is 0 Å². The van der Waals surface area contributed by atoms with Crippen molar-refractivity contribution in [2.24, 2.45) is 5.92 Å². The number of nitrogens with zero attached hydrogens (tertiary/aromatic N) is 1. The average molecular weight is 215 g/mol. The number of ether oxygens (including phenoxy) is 2. The Bertz CT molecular complexity index is 254. The summed E-state index contributed by atoms with van der Waals surface area (Å²) < 4.78 is 9.64. The monoisotopic (exact) mass is 215 g/mol. The summed E-state index contributed by atoms with van der Waals surface area (Å²) in [5.41, 5.74) is 0. The lowest BCUT2D eigenvalue weighted by Crippen LogP contribution is -2.49. The lowest BCUT2D eigenvalue weighted by molar-refractivity contribution is -0.160. The fourth-order valence-electron chi connectivity index (χ4n) is 1.74. The van der Waals surface area contributed by atoms with E-state index < -0.39 is 11.9 Å². The van der Waals surface area contributed by atoms with Gasteiger partial charge in [0.25, 0.3) is 0 Å². The van der Waals surface area contributed by atoms with E-state index in [4.69, 9.17) is 4.74 Å². The van der Waals surface area contributed by atoms with E-state index in [-0.39, 0.29) is 6.10 Å². The van der Waals surface area contributed by atoms with Crippen LogP contribution in [-0.4, -0.2) is 50.2 Å². The Kier molecular flexibility index (Phi) is 4.08. The minimum absolute atomic E-state index is 0.00681. The van der Waals surface area contributed by atoms with Crippen LogP contribution in [0.25, 0.3) is 0 Å². The molecule has 5 heteroatoms. The van der Waals surface area contributed by atoms with Gasteiger partial charge >= 0.3 is 11.9 Å². The topological polar surface area (TPSA) is 55.8 Å². The number of esters is 1. The van der Waals surface area contributed by atoms with Gasteiger partial charge in [0.2, 0.25) is 0 Å². The van der Waals surface area contributed by atoms with Gasteiger partial charge in [-0.25, -0.2) is 4.79 Å². The Morgan fingerprint density at radius 3 is 2.53 bits per heavy atom. The fourth-order valence-corrected chi connectivity index (χ4v) is 1.74. The summed E-state index contributed by atoms with van der Waals surface area (Å²) in [7, 11) is 2.83. The van der Waals surface area contributed by atoms with Crippen LogP contribution in [0.1, 0.15) is 13.3 Å². The zero-order valence-corrected chi connectivity index (χ0v) is 9.36. The molecule has 1 aliphatic rings. The van der Waals surface area contributed by atoms with Gasteiger partial charge in [-0.2, -0.15) is 0 Å². The molecule has 0 radical (unpaired) electrons. The number of hydrogen-bond donors (Lipinski definition) is 0. The molecule has 0 aromatic heterocycles. The molecule has 1 rings (SSSR count). The molecule has 86 valence electrons. The van der Waals surface area contributed by atoms with Crippen LogP contribution in [0.4, 0.5) is 0 Å². The number of likely N-dealkylation sites (tertiary alicyclic amines) is 1. The predicted octanol–water partition coefficient (Wildman–Crippen LogP) is 0.0428. The first kappa shape index (κ1) is 12.0. The minimum atomic E-state index is -0.806. The van der Waals surface area contributed by atoms with Crippen molar-refractivity contribution in [2.75, 3.05) is 27.3 Å². The van der Waals surface area contributed by atoms with Gasteiger partial charge in [-0.15, -0.1) is 0 Å². The van der Waals surface area contributed by atoms with E-state index in [0.29, 0.717) is 19.0 Å². The Hall–Kier alpha value is -1.10. The van der Waals surface area contributed by atoms with Gasteiger partial charge in [-0.05, 0) is 12.3 Å². The summed E-state index contributed by atoms with van der Waals surface area (Å²) in [4.78, 5) is 24.0. The number of carbonyl (C=O) groups is 2. The van der Waals surface area contributed by atoms with E-state index in [1.54, 1.807) is 7.11 Å². The second kappa shape index (κ2) is 5.11. The van der Waals surface area contributed by atoms with E-state index >= 15 is 0 Å². The number of piperidine rings is 1. The molecule has 1 fully saturated rings. The van der Waals surface area contributed by atoms with Gasteiger partial charge in [0.05, 0.1) is 13.2 Å². The van der Waals surface area contributed by atoms with E-state index in [0.717, 1.165) is 6.42 Å². The Morgan fingerprint density at radius 1 is 1.33 bits per heavy atom. The third-order valence-corrected chi connectivity index (χ3v) is 2.84. The molecule has 0 spiro atoms. The van der Waals surface area contributed by atoms with Gasteiger partial charge in [0, 0.05) is 20.2 Å². The molecular weight excluding hydrogens is 198 g/mol. The summed E-state index contributed by atoms with van der Waals surface area (Å²) in [6.45, 7) is 3.13. The van der Waals surface area contributed by atoms with Gasteiger partial charge < -0.3 is 14.4 Å². The van der Waals surface area contributed by atoms with Crippen molar-refractivity contribution in [1.29, 1.82) is 0 Å². The highest BCUT2D eigenvalue weighted by atomic mass is 16.5. The van der Waals surface area contributed by atoms with E-state index in [1.807, 2.05) is 0 Å². The lowest BCUT2D eigenvalue weighted by Gasteiger charge is -2.35. The molecule has 0 aliphatic carbocycles. The van der Waals surface area contributed by atoms with Crippen molar-refractivity contribution in [1.82, 2.24) is 4.90 Å². The fraction of sp³-hybridized carbons (Fsp3) is 0.800. The number of amides is 1. The Labute approximate surface area is 89.3 Å². The summed E-state index contributed by atoms with van der Waals surface area (Å²) in [6, 6.07) is 0. The molecule has 2 atom stereocenters. The third-order valence-electron chi connectivity index (χ3n) is 2.84. The van der Waals surface area contributed by atoms with E-state index in [2.05, 4.69) is 11.7 Å². The summed E-state index contributed by atoms with van der Waals surface area (Å²) >= 11 is 0. The first-order chi connectivity index (χ1) is 7.10. The smallest absolute Gasteiger partial charge is 0.396 e. The van der Waals surface area contributed by atoms with Gasteiger partial charge in [-0.1, -0.05) is 6.92 Å². The van der Waals surface area contributed by atoms with Crippen LogP contribution in [0.5, 0.6) is 0 Å². The van der Waals surface area contributed by atoms with Crippen molar-refractivity contribution in [3.8, 4) is 0 Å². The summed E-state index contributed by atoms with van der Waals surface area (Å²) in [5, 5.41) is 0. The minimum Gasteiger partial charge on any atom is -0.462 e. The summed E-state index contributed by atoms with van der Waals surface area (Å²) in [6.07, 6.45) is 0.855. The molecule has 15 heavy (non-hydrogen) atoms. The zero-order valence-electron chi connectivity index (χ0n) is 9.36. The third kappa shape index (κ3) is 2.68. The molecule has 5 nitrogen and oxygen atoms in total. The number of rotatable bonds is 1. The zero-order chi connectivity index (χ0) is 11.4. The molecule has 0 N–H and O–H groups in total. The van der Waals surface area contributed by atoms with E-state index in [1.165, 1.54) is 12.0 Å². The lowest BCUT2D eigenvalue weighted by atomic mass is 9.96. The molecule has 0 bridgehead atoms. The molecule has 0 saturated carbocycles. The van der Waals surface area contributed by atoms with Crippen molar-refractivity contribution in [3.05, 3.63) is 0 Å². The maximum atomic E-state index is 11.5. The van der Waals surface area contributed by atoms with Crippen LogP contribution in [0.2, 0.25) is 0 Å². The van der Waals surface area contributed by atoms with Crippen molar-refractivity contribution >= 4 is 11.9 Å². The normalized spacial score (nSPS) is 26.2. The SMILES string of the molecule is COC(=O)C(=O)N1CCC(C)C(OC)C1. The Balaban J connectivity index is 2.58. The molecule has 1 heterocycles. The molecule has 2 unspecified atom stereocenters. The molecular formula is C10H17NO4. The number of methoxy groups -OCH3 is 2. The van der Waals surface area contributed by atoms with E-state index in [9.17, 15) is 9.59 Å². The molecule has 1 amide bonds. The number of carbonyl (C=O) groups excluding carboxylic acids is 2. The van der Waals surface area contributed by atoms with Crippen LogP contribution in [0, 0.1) is 5.92 Å².